The Morgan fingerprint density at radius 3 is 2.44 bits per heavy atom. The maximum absolute atomic E-state index is 4.84. The van der Waals surface area contributed by atoms with Crippen molar-refractivity contribution < 1.29 is 0 Å². The zero-order valence-corrected chi connectivity index (χ0v) is 20.7. The number of aromatic nitrogens is 6. The Hall–Kier alpha value is -3.94. The number of benzene rings is 2. The van der Waals surface area contributed by atoms with Crippen molar-refractivity contribution in [1.82, 2.24) is 29.5 Å². The van der Waals surface area contributed by atoms with Crippen LogP contribution in [0.4, 0.5) is 17.6 Å². The molecule has 8 heteroatoms. The van der Waals surface area contributed by atoms with Crippen LogP contribution >= 0.6 is 0 Å². The third-order valence-electron chi connectivity index (χ3n) is 6.20. The molecule has 2 aromatic carbocycles. The summed E-state index contributed by atoms with van der Waals surface area (Å²) < 4.78 is 3.82. The summed E-state index contributed by atoms with van der Waals surface area (Å²) in [6, 6.07) is 12.7. The molecule has 0 amide bonds. The van der Waals surface area contributed by atoms with E-state index in [1.54, 1.807) is 0 Å². The van der Waals surface area contributed by atoms with Gasteiger partial charge in [0.1, 0.15) is 5.82 Å². The summed E-state index contributed by atoms with van der Waals surface area (Å²) >= 11 is 0. The SMILES string of the molecule is CNc1ncc2cc(-c3c(C)ccc4c(Nc5cc(C(C)(C)C)nn5C)nn(C)c34)ccc2n1. The molecule has 34 heavy (non-hydrogen) atoms. The maximum atomic E-state index is 4.84. The molecule has 0 saturated carbocycles. The predicted molar refractivity (Wildman–Crippen MR) is 139 cm³/mol. The van der Waals surface area contributed by atoms with Crippen LogP contribution < -0.4 is 10.6 Å². The van der Waals surface area contributed by atoms with Gasteiger partial charge in [0.15, 0.2) is 5.82 Å². The van der Waals surface area contributed by atoms with Gasteiger partial charge in [-0.2, -0.15) is 10.2 Å². The van der Waals surface area contributed by atoms with Gasteiger partial charge in [-0.25, -0.2) is 9.97 Å². The minimum atomic E-state index is -0.0259. The highest BCUT2D eigenvalue weighted by molar-refractivity contribution is 6.03. The van der Waals surface area contributed by atoms with Gasteiger partial charge < -0.3 is 10.6 Å². The van der Waals surface area contributed by atoms with Crippen molar-refractivity contribution >= 4 is 39.4 Å². The fourth-order valence-corrected chi connectivity index (χ4v) is 4.31. The van der Waals surface area contributed by atoms with E-state index >= 15 is 0 Å². The lowest BCUT2D eigenvalue weighted by Gasteiger charge is -2.13. The van der Waals surface area contributed by atoms with Crippen molar-refractivity contribution in [1.29, 1.82) is 0 Å². The minimum Gasteiger partial charge on any atom is -0.357 e. The van der Waals surface area contributed by atoms with Crippen LogP contribution in [0.1, 0.15) is 32.0 Å². The first-order valence-electron chi connectivity index (χ1n) is 11.4. The van der Waals surface area contributed by atoms with Crippen molar-refractivity contribution in [3.63, 3.8) is 0 Å². The number of anilines is 3. The van der Waals surface area contributed by atoms with Gasteiger partial charge >= 0.3 is 0 Å². The maximum Gasteiger partial charge on any atom is 0.222 e. The molecule has 0 atom stereocenters. The molecule has 0 fully saturated rings. The lowest BCUT2D eigenvalue weighted by molar-refractivity contribution is 0.553. The highest BCUT2D eigenvalue weighted by atomic mass is 15.4. The number of nitrogens with zero attached hydrogens (tertiary/aromatic N) is 6. The highest BCUT2D eigenvalue weighted by Crippen LogP contribution is 2.37. The summed E-state index contributed by atoms with van der Waals surface area (Å²) in [6.45, 7) is 8.63. The van der Waals surface area contributed by atoms with Gasteiger partial charge in [0.05, 0.1) is 16.7 Å². The molecule has 0 aliphatic rings. The van der Waals surface area contributed by atoms with Gasteiger partial charge in [-0.3, -0.25) is 9.36 Å². The van der Waals surface area contributed by atoms with E-state index in [1.807, 2.05) is 42.8 Å². The van der Waals surface area contributed by atoms with Crippen LogP contribution in [0.5, 0.6) is 0 Å². The summed E-state index contributed by atoms with van der Waals surface area (Å²) in [6.07, 6.45) is 1.86. The number of hydrogen-bond acceptors (Lipinski definition) is 6. The normalized spacial score (nSPS) is 12.0. The first kappa shape index (κ1) is 21.9. The molecule has 5 aromatic rings. The fraction of sp³-hybridized carbons (Fsp3) is 0.308. The Balaban J connectivity index is 1.62. The zero-order chi connectivity index (χ0) is 24.2. The van der Waals surface area contributed by atoms with Crippen molar-refractivity contribution in [3.8, 4) is 11.1 Å². The van der Waals surface area contributed by atoms with Crippen molar-refractivity contribution in [3.05, 3.63) is 53.9 Å². The molecule has 0 saturated heterocycles. The van der Waals surface area contributed by atoms with E-state index in [2.05, 4.69) is 83.7 Å². The largest absolute Gasteiger partial charge is 0.357 e. The molecule has 3 heterocycles. The summed E-state index contributed by atoms with van der Waals surface area (Å²) in [5.74, 6) is 2.34. The number of rotatable bonds is 4. The lowest BCUT2D eigenvalue weighted by atomic mass is 9.92. The molecule has 0 bridgehead atoms. The second kappa shape index (κ2) is 7.83. The molecule has 3 aromatic heterocycles. The van der Waals surface area contributed by atoms with Gasteiger partial charge in [-0.05, 0) is 36.2 Å². The van der Waals surface area contributed by atoms with Gasteiger partial charge in [-0.1, -0.05) is 32.9 Å². The standard InChI is InChI=1S/C26H30N8/c1-15-8-10-18-23(22(15)16-9-11-19-17(12-16)14-28-25(27-5)29-19)34(7)32-24(18)30-21-13-20(26(2,3)4)31-33(21)6/h8-14H,1-7H3,(H,30,32)(H,27,28,29). The van der Waals surface area contributed by atoms with E-state index < -0.39 is 0 Å². The van der Waals surface area contributed by atoms with Crippen molar-refractivity contribution in [2.45, 2.75) is 33.1 Å². The van der Waals surface area contributed by atoms with E-state index in [4.69, 9.17) is 5.10 Å². The van der Waals surface area contributed by atoms with Crippen LogP contribution in [0.2, 0.25) is 0 Å². The Morgan fingerprint density at radius 1 is 0.941 bits per heavy atom. The first-order valence-corrected chi connectivity index (χ1v) is 11.4. The number of nitrogens with one attached hydrogen (secondary N) is 2. The Labute approximate surface area is 199 Å². The molecule has 0 aliphatic carbocycles. The fourth-order valence-electron chi connectivity index (χ4n) is 4.31. The van der Waals surface area contributed by atoms with E-state index in [1.165, 1.54) is 5.56 Å². The van der Waals surface area contributed by atoms with Crippen LogP contribution in [0, 0.1) is 6.92 Å². The van der Waals surface area contributed by atoms with Crippen LogP contribution in [0.3, 0.4) is 0 Å². The number of hydrogen-bond donors (Lipinski definition) is 2. The molecule has 2 N–H and O–H groups in total. The van der Waals surface area contributed by atoms with E-state index in [0.29, 0.717) is 5.95 Å². The molecule has 0 radical (unpaired) electrons. The third-order valence-corrected chi connectivity index (χ3v) is 6.20. The Bertz CT molecular complexity index is 1530. The lowest BCUT2D eigenvalue weighted by Crippen LogP contribution is -2.12. The highest BCUT2D eigenvalue weighted by Gasteiger charge is 2.21. The Morgan fingerprint density at radius 2 is 1.74 bits per heavy atom. The Kier molecular flexibility index (Phi) is 5.04. The second-order valence-electron chi connectivity index (χ2n) is 9.76. The third kappa shape index (κ3) is 3.65. The van der Waals surface area contributed by atoms with Crippen LogP contribution in [-0.2, 0) is 19.5 Å². The molecule has 8 nitrogen and oxygen atoms in total. The molecule has 0 aliphatic heterocycles. The van der Waals surface area contributed by atoms with Gasteiger partial charge in [-0.15, -0.1) is 0 Å². The molecular weight excluding hydrogens is 424 g/mol. The summed E-state index contributed by atoms with van der Waals surface area (Å²) in [4.78, 5) is 8.93. The van der Waals surface area contributed by atoms with Gasteiger partial charge in [0.25, 0.3) is 0 Å². The number of aryl methyl sites for hydroxylation is 3. The molecule has 0 spiro atoms. The zero-order valence-electron chi connectivity index (χ0n) is 20.7. The van der Waals surface area contributed by atoms with Crippen molar-refractivity contribution in [2.24, 2.45) is 14.1 Å². The molecule has 5 rings (SSSR count). The van der Waals surface area contributed by atoms with Crippen molar-refractivity contribution in [2.75, 3.05) is 17.7 Å². The van der Waals surface area contributed by atoms with E-state index in [0.717, 1.165) is 50.3 Å². The number of fused-ring (bicyclic) bond motifs is 2. The van der Waals surface area contributed by atoms with Crippen LogP contribution in [0.15, 0.2) is 42.6 Å². The summed E-state index contributed by atoms with van der Waals surface area (Å²) in [5.41, 5.74) is 6.45. The second-order valence-corrected chi connectivity index (χ2v) is 9.76. The average Bonchev–Trinajstić information content (AvgIpc) is 3.33. The predicted octanol–water partition coefficient (Wildman–Crippen LogP) is 5.31. The first-order chi connectivity index (χ1) is 16.2. The minimum absolute atomic E-state index is 0.0259. The monoisotopic (exact) mass is 454 g/mol. The molecule has 0 unspecified atom stereocenters. The van der Waals surface area contributed by atoms with Crippen LogP contribution in [-0.4, -0.2) is 36.6 Å². The topological polar surface area (TPSA) is 85.5 Å². The summed E-state index contributed by atoms with van der Waals surface area (Å²) in [7, 11) is 5.77. The summed E-state index contributed by atoms with van der Waals surface area (Å²) in [5, 5.41) is 18.1. The molecule has 174 valence electrons. The van der Waals surface area contributed by atoms with Crippen LogP contribution in [0.25, 0.3) is 32.9 Å². The van der Waals surface area contributed by atoms with E-state index in [-0.39, 0.29) is 5.41 Å². The van der Waals surface area contributed by atoms with Gasteiger partial charge in [0.2, 0.25) is 5.95 Å². The smallest absolute Gasteiger partial charge is 0.222 e. The quantitative estimate of drug-likeness (QED) is 0.383. The average molecular weight is 455 g/mol. The van der Waals surface area contributed by atoms with E-state index in [9.17, 15) is 0 Å². The molecular formula is C26H30N8. The van der Waals surface area contributed by atoms with Gasteiger partial charge in [0, 0.05) is 55.2 Å².